The van der Waals surface area contributed by atoms with Gasteiger partial charge in [-0.1, -0.05) is 0 Å². The highest BCUT2D eigenvalue weighted by Crippen LogP contribution is 2.39. The van der Waals surface area contributed by atoms with Crippen LogP contribution in [0.5, 0.6) is 0 Å². The molecule has 1 atom stereocenters. The first-order valence-electron chi connectivity index (χ1n) is 7.57. The van der Waals surface area contributed by atoms with Crippen LogP contribution in [0, 0.1) is 0 Å². The highest BCUT2D eigenvalue weighted by Gasteiger charge is 2.35. The second-order valence-electron chi connectivity index (χ2n) is 5.83. The van der Waals surface area contributed by atoms with Crippen LogP contribution in [0.1, 0.15) is 59.8 Å². The van der Waals surface area contributed by atoms with Crippen LogP contribution in [0.3, 0.4) is 0 Å². The molecule has 0 bridgehead atoms. The number of amides is 1. The summed E-state index contributed by atoms with van der Waals surface area (Å²) >= 11 is 0. The average molecular weight is 339 g/mol. The fourth-order valence-electron chi connectivity index (χ4n) is 2.82. The minimum atomic E-state index is -0.154. The third-order valence-electron chi connectivity index (χ3n) is 4.26. The molecule has 1 aliphatic carbocycles. The zero-order valence-electron chi connectivity index (χ0n) is 12.8. The zero-order chi connectivity index (χ0) is 15.3. The van der Waals surface area contributed by atoms with Crippen LogP contribution in [0.15, 0.2) is 10.7 Å². The molecular formula is C14H19ClN6O2. The maximum atomic E-state index is 12.6. The fourth-order valence-corrected chi connectivity index (χ4v) is 2.82. The smallest absolute Gasteiger partial charge is 0.276 e. The van der Waals surface area contributed by atoms with Crippen molar-refractivity contribution in [3.63, 3.8) is 0 Å². The fraction of sp³-hybridized carbons (Fsp3) is 0.571. The summed E-state index contributed by atoms with van der Waals surface area (Å²) in [5.74, 6) is 2.49. The van der Waals surface area contributed by atoms with Crippen molar-refractivity contribution in [1.82, 2.24) is 24.6 Å². The van der Waals surface area contributed by atoms with Crippen molar-refractivity contribution in [1.29, 1.82) is 0 Å². The van der Waals surface area contributed by atoms with E-state index in [0.717, 1.165) is 11.6 Å². The monoisotopic (exact) mass is 338 g/mol. The van der Waals surface area contributed by atoms with Crippen molar-refractivity contribution >= 4 is 18.3 Å². The van der Waals surface area contributed by atoms with Crippen molar-refractivity contribution in [2.45, 2.75) is 44.8 Å². The Balaban J connectivity index is 0.00000156. The van der Waals surface area contributed by atoms with E-state index in [4.69, 9.17) is 10.2 Å². The van der Waals surface area contributed by atoms with Crippen molar-refractivity contribution in [2.24, 2.45) is 5.73 Å². The number of fused-ring (bicyclic) bond motifs is 1. The normalized spacial score (nSPS) is 20.1. The van der Waals surface area contributed by atoms with Crippen molar-refractivity contribution in [3.05, 3.63) is 29.5 Å². The van der Waals surface area contributed by atoms with Crippen LogP contribution in [-0.4, -0.2) is 37.1 Å². The van der Waals surface area contributed by atoms with Crippen LogP contribution in [0.4, 0.5) is 0 Å². The minimum absolute atomic E-state index is 0. The number of halogens is 1. The number of nitrogens with zero attached hydrogens (tertiary/aromatic N) is 5. The van der Waals surface area contributed by atoms with Gasteiger partial charge in [0.2, 0.25) is 5.89 Å². The lowest BCUT2D eigenvalue weighted by Crippen LogP contribution is -2.41. The van der Waals surface area contributed by atoms with Crippen molar-refractivity contribution < 1.29 is 9.21 Å². The second kappa shape index (κ2) is 5.93. The molecule has 2 N–H and O–H groups in total. The molecule has 2 aliphatic rings. The Kier molecular flexibility index (Phi) is 4.11. The summed E-state index contributed by atoms with van der Waals surface area (Å²) in [6.45, 7) is 3.40. The third-order valence-corrected chi connectivity index (χ3v) is 4.26. The Morgan fingerprint density at radius 2 is 2.17 bits per heavy atom. The van der Waals surface area contributed by atoms with Gasteiger partial charge in [-0.3, -0.25) is 4.79 Å². The van der Waals surface area contributed by atoms with E-state index < -0.39 is 0 Å². The Hall–Kier alpha value is -1.93. The Labute approximate surface area is 139 Å². The quantitative estimate of drug-likeness (QED) is 0.903. The molecular weight excluding hydrogens is 320 g/mol. The number of rotatable bonds is 3. The van der Waals surface area contributed by atoms with E-state index in [2.05, 4.69) is 15.1 Å². The van der Waals surface area contributed by atoms with Gasteiger partial charge in [0.15, 0.2) is 11.5 Å². The van der Waals surface area contributed by atoms with Gasteiger partial charge in [0.05, 0.1) is 19.1 Å². The molecule has 23 heavy (non-hydrogen) atoms. The summed E-state index contributed by atoms with van der Waals surface area (Å²) in [6, 6.07) is -0.126. The van der Waals surface area contributed by atoms with Crippen LogP contribution in [-0.2, 0) is 13.1 Å². The van der Waals surface area contributed by atoms with Gasteiger partial charge < -0.3 is 15.1 Å². The molecule has 0 spiro atoms. The number of hydrogen-bond donors (Lipinski definition) is 1. The zero-order valence-corrected chi connectivity index (χ0v) is 13.6. The van der Waals surface area contributed by atoms with E-state index in [1.165, 1.54) is 19.1 Å². The van der Waals surface area contributed by atoms with Crippen molar-refractivity contribution in [3.8, 4) is 0 Å². The molecule has 0 saturated heterocycles. The van der Waals surface area contributed by atoms with Gasteiger partial charge in [-0.25, -0.2) is 14.6 Å². The molecule has 8 nitrogen and oxygen atoms in total. The Morgan fingerprint density at radius 1 is 1.39 bits per heavy atom. The molecule has 9 heteroatoms. The molecule has 1 aliphatic heterocycles. The molecule has 2 aromatic heterocycles. The van der Waals surface area contributed by atoms with Gasteiger partial charge in [-0.2, -0.15) is 5.10 Å². The van der Waals surface area contributed by atoms with E-state index in [1.54, 1.807) is 4.90 Å². The van der Waals surface area contributed by atoms with Gasteiger partial charge in [0.1, 0.15) is 12.1 Å². The van der Waals surface area contributed by atoms with Gasteiger partial charge in [-0.05, 0) is 19.8 Å². The van der Waals surface area contributed by atoms with Crippen LogP contribution >= 0.6 is 12.4 Å². The Bertz CT molecular complexity index is 723. The molecule has 124 valence electrons. The largest absolute Gasteiger partial charge is 0.447 e. The first-order valence-corrected chi connectivity index (χ1v) is 7.57. The average Bonchev–Trinajstić information content (AvgIpc) is 3.11. The molecule has 1 saturated carbocycles. The molecule has 0 aromatic carbocycles. The molecule has 0 radical (unpaired) electrons. The summed E-state index contributed by atoms with van der Waals surface area (Å²) in [7, 11) is 0. The predicted molar refractivity (Wildman–Crippen MR) is 83.1 cm³/mol. The topological polar surface area (TPSA) is 103 Å². The minimum Gasteiger partial charge on any atom is -0.447 e. The van der Waals surface area contributed by atoms with Crippen LogP contribution < -0.4 is 5.73 Å². The Morgan fingerprint density at radius 3 is 2.83 bits per heavy atom. The van der Waals surface area contributed by atoms with Gasteiger partial charge in [-0.15, -0.1) is 12.4 Å². The lowest BCUT2D eigenvalue weighted by molar-refractivity contribution is 0.0624. The standard InChI is InChI=1S/C14H18N6O2.ClH/c1-8-13-17-12(9-2-3-9)18-20(13)5-4-19(8)14(21)10-7-22-11(6-15)16-10;/h7-9H,2-6,15H2,1H3;1H/t8-;/m1./s1. The predicted octanol–water partition coefficient (Wildman–Crippen LogP) is 1.24. The van der Waals surface area contributed by atoms with E-state index in [1.807, 2.05) is 11.6 Å². The maximum Gasteiger partial charge on any atom is 0.276 e. The lowest BCUT2D eigenvalue weighted by Gasteiger charge is -2.32. The third kappa shape index (κ3) is 2.72. The van der Waals surface area contributed by atoms with Gasteiger partial charge in [0.25, 0.3) is 5.91 Å². The highest BCUT2D eigenvalue weighted by molar-refractivity contribution is 5.92. The first-order chi connectivity index (χ1) is 10.7. The van der Waals surface area contributed by atoms with E-state index >= 15 is 0 Å². The van der Waals surface area contributed by atoms with Crippen LogP contribution in [0.2, 0.25) is 0 Å². The summed E-state index contributed by atoms with van der Waals surface area (Å²) in [4.78, 5) is 23.1. The second-order valence-corrected chi connectivity index (χ2v) is 5.83. The molecule has 0 unspecified atom stereocenters. The van der Waals surface area contributed by atoms with Crippen molar-refractivity contribution in [2.75, 3.05) is 6.54 Å². The molecule has 3 heterocycles. The summed E-state index contributed by atoms with van der Waals surface area (Å²) in [5.41, 5.74) is 5.76. The van der Waals surface area contributed by atoms with Gasteiger partial charge in [0, 0.05) is 12.5 Å². The number of nitrogens with two attached hydrogens (primary N) is 1. The molecule has 1 fully saturated rings. The van der Waals surface area contributed by atoms with Gasteiger partial charge >= 0.3 is 0 Å². The summed E-state index contributed by atoms with van der Waals surface area (Å²) < 4.78 is 7.08. The first kappa shape index (κ1) is 15.9. The van der Waals surface area contributed by atoms with E-state index in [0.29, 0.717) is 30.6 Å². The maximum absolute atomic E-state index is 12.6. The lowest BCUT2D eigenvalue weighted by atomic mass is 10.2. The highest BCUT2D eigenvalue weighted by atomic mass is 35.5. The molecule has 4 rings (SSSR count). The summed E-state index contributed by atoms with van der Waals surface area (Å²) in [6.07, 6.45) is 3.70. The van der Waals surface area contributed by atoms with E-state index in [9.17, 15) is 4.79 Å². The van der Waals surface area contributed by atoms with E-state index in [-0.39, 0.29) is 30.9 Å². The number of oxazole rings is 1. The molecule has 1 amide bonds. The number of hydrogen-bond acceptors (Lipinski definition) is 6. The number of aromatic nitrogens is 4. The van der Waals surface area contributed by atoms with Crippen LogP contribution in [0.25, 0.3) is 0 Å². The SMILES string of the molecule is C[C@@H]1c2nc(C3CC3)nn2CCN1C(=O)c1coc(CN)n1.Cl. The number of carbonyl (C=O) groups is 1. The number of carbonyl (C=O) groups excluding carboxylic acids is 1. The summed E-state index contributed by atoms with van der Waals surface area (Å²) in [5, 5.41) is 4.56. The molecule has 2 aromatic rings.